The van der Waals surface area contributed by atoms with Gasteiger partial charge in [-0.05, 0) is 43.2 Å². The number of rotatable bonds is 7. The minimum absolute atomic E-state index is 0.0163. The number of nitrogens with one attached hydrogen (secondary N) is 2. The highest BCUT2D eigenvalue weighted by Gasteiger charge is 2.26. The zero-order valence-corrected chi connectivity index (χ0v) is 17.2. The van der Waals surface area contributed by atoms with Gasteiger partial charge in [0.2, 0.25) is 10.0 Å². The molecule has 0 spiro atoms. The number of aromatic amines is 1. The molecule has 1 saturated heterocycles. The van der Waals surface area contributed by atoms with Crippen molar-refractivity contribution >= 4 is 21.6 Å². The largest absolute Gasteiger partial charge is 0.369 e. The van der Waals surface area contributed by atoms with Gasteiger partial charge in [0, 0.05) is 44.6 Å². The van der Waals surface area contributed by atoms with Gasteiger partial charge in [-0.2, -0.15) is 4.31 Å². The molecule has 2 heterocycles. The Labute approximate surface area is 170 Å². The Morgan fingerprint density at radius 3 is 2.59 bits per heavy atom. The number of aryl methyl sites for hydroxylation is 1. The van der Waals surface area contributed by atoms with Gasteiger partial charge in [0.15, 0.2) is 0 Å². The minimum atomic E-state index is -3.38. The Hall–Kier alpha value is -2.65. The van der Waals surface area contributed by atoms with Crippen molar-refractivity contribution in [3.05, 3.63) is 64.1 Å². The van der Waals surface area contributed by atoms with Crippen LogP contribution in [0, 0.1) is 6.92 Å². The SMILES string of the molecule is Cc1cccc(N2CCN(S(=O)(=O)CCCNC(=O)c3ccc[nH]c3=O)CC2)c1. The maximum absolute atomic E-state index is 12.6. The molecule has 1 aliphatic heterocycles. The fraction of sp³-hybridized carbons (Fsp3) is 0.400. The molecule has 2 N–H and O–H groups in total. The smallest absolute Gasteiger partial charge is 0.260 e. The van der Waals surface area contributed by atoms with Gasteiger partial charge in [-0.25, -0.2) is 8.42 Å². The maximum Gasteiger partial charge on any atom is 0.260 e. The number of anilines is 1. The third kappa shape index (κ3) is 5.45. The first-order valence-corrected chi connectivity index (χ1v) is 11.2. The highest BCUT2D eigenvalue weighted by molar-refractivity contribution is 7.89. The van der Waals surface area contributed by atoms with Gasteiger partial charge in [0.1, 0.15) is 5.56 Å². The van der Waals surface area contributed by atoms with Gasteiger partial charge >= 0.3 is 0 Å². The Morgan fingerprint density at radius 1 is 1.14 bits per heavy atom. The number of H-pyrrole nitrogens is 1. The van der Waals surface area contributed by atoms with Crippen molar-refractivity contribution in [3.63, 3.8) is 0 Å². The molecule has 1 fully saturated rings. The predicted molar refractivity (Wildman–Crippen MR) is 113 cm³/mol. The highest BCUT2D eigenvalue weighted by atomic mass is 32.2. The molecule has 8 nitrogen and oxygen atoms in total. The van der Waals surface area contributed by atoms with Crippen molar-refractivity contribution in [2.45, 2.75) is 13.3 Å². The monoisotopic (exact) mass is 418 g/mol. The molecule has 0 bridgehead atoms. The number of hydrogen-bond donors (Lipinski definition) is 2. The molecule has 0 unspecified atom stereocenters. The lowest BCUT2D eigenvalue weighted by atomic mass is 10.2. The second-order valence-corrected chi connectivity index (χ2v) is 9.15. The number of carbonyl (C=O) groups excluding carboxylic acids is 1. The van der Waals surface area contributed by atoms with Gasteiger partial charge in [-0.3, -0.25) is 9.59 Å². The molecule has 0 saturated carbocycles. The summed E-state index contributed by atoms with van der Waals surface area (Å²) in [6.45, 7) is 4.42. The zero-order chi connectivity index (χ0) is 20.9. The van der Waals surface area contributed by atoms with E-state index in [0.717, 1.165) is 5.69 Å². The minimum Gasteiger partial charge on any atom is -0.369 e. The van der Waals surface area contributed by atoms with Crippen LogP contribution in [0.3, 0.4) is 0 Å². The summed E-state index contributed by atoms with van der Waals surface area (Å²) in [7, 11) is -3.38. The van der Waals surface area contributed by atoms with Crippen molar-refractivity contribution in [1.29, 1.82) is 0 Å². The summed E-state index contributed by atoms with van der Waals surface area (Å²) in [5.41, 5.74) is 1.84. The lowest BCUT2D eigenvalue weighted by Gasteiger charge is -2.35. The Kier molecular flexibility index (Phi) is 6.71. The average Bonchev–Trinajstić information content (AvgIpc) is 2.71. The van der Waals surface area contributed by atoms with Crippen LogP contribution in [-0.2, 0) is 10.0 Å². The third-order valence-electron chi connectivity index (χ3n) is 4.93. The molecule has 0 radical (unpaired) electrons. The number of hydrogen-bond acceptors (Lipinski definition) is 5. The molecule has 2 aromatic rings. The summed E-state index contributed by atoms with van der Waals surface area (Å²) < 4.78 is 26.7. The molecule has 29 heavy (non-hydrogen) atoms. The van der Waals surface area contributed by atoms with E-state index in [9.17, 15) is 18.0 Å². The summed E-state index contributed by atoms with van der Waals surface area (Å²) in [4.78, 5) is 28.2. The van der Waals surface area contributed by atoms with Crippen LogP contribution in [0.1, 0.15) is 22.3 Å². The summed E-state index contributed by atoms with van der Waals surface area (Å²) >= 11 is 0. The molecule has 0 atom stereocenters. The molecule has 0 aliphatic carbocycles. The number of nitrogens with zero attached hydrogens (tertiary/aromatic N) is 2. The van der Waals surface area contributed by atoms with Crippen molar-refractivity contribution in [1.82, 2.24) is 14.6 Å². The maximum atomic E-state index is 12.6. The van der Waals surface area contributed by atoms with E-state index >= 15 is 0 Å². The normalized spacial score (nSPS) is 15.3. The molecule has 156 valence electrons. The molecule has 1 aromatic heterocycles. The summed E-state index contributed by atoms with van der Waals surface area (Å²) in [6, 6.07) is 11.2. The first kappa shape index (κ1) is 21.1. The number of piperazine rings is 1. The number of amides is 1. The number of carbonyl (C=O) groups is 1. The fourth-order valence-electron chi connectivity index (χ4n) is 3.33. The standard InChI is InChI=1S/C20H26N4O4S/c1-16-5-2-6-17(15-16)23-10-12-24(13-11-23)29(27,28)14-4-9-22-20(26)18-7-3-8-21-19(18)25/h2-3,5-8,15H,4,9-14H2,1H3,(H,21,25)(H,22,26). The first-order chi connectivity index (χ1) is 13.9. The quantitative estimate of drug-likeness (QED) is 0.652. The van der Waals surface area contributed by atoms with Gasteiger partial charge in [0.05, 0.1) is 5.75 Å². The van der Waals surface area contributed by atoms with E-state index in [4.69, 9.17) is 0 Å². The van der Waals surface area contributed by atoms with Crippen molar-refractivity contribution in [3.8, 4) is 0 Å². The molecule has 1 aliphatic rings. The summed E-state index contributed by atoms with van der Waals surface area (Å²) in [6.07, 6.45) is 1.74. The predicted octanol–water partition coefficient (Wildman–Crippen LogP) is 0.955. The second kappa shape index (κ2) is 9.23. The molecular weight excluding hydrogens is 392 g/mol. The van der Waals surface area contributed by atoms with Crippen LogP contribution in [-0.4, -0.2) is 62.1 Å². The van der Waals surface area contributed by atoms with Crippen molar-refractivity contribution in [2.75, 3.05) is 43.4 Å². The Bertz CT molecular complexity index is 1010. The topological polar surface area (TPSA) is 103 Å². The van der Waals surface area contributed by atoms with E-state index in [1.807, 2.05) is 25.1 Å². The first-order valence-electron chi connectivity index (χ1n) is 9.62. The van der Waals surface area contributed by atoms with Crippen LogP contribution in [0.4, 0.5) is 5.69 Å². The van der Waals surface area contributed by atoms with Gasteiger partial charge in [0.25, 0.3) is 11.5 Å². The van der Waals surface area contributed by atoms with Crippen LogP contribution in [0.2, 0.25) is 0 Å². The van der Waals surface area contributed by atoms with Gasteiger partial charge in [-0.1, -0.05) is 12.1 Å². The lowest BCUT2D eigenvalue weighted by Crippen LogP contribution is -2.49. The van der Waals surface area contributed by atoms with Crippen molar-refractivity contribution in [2.24, 2.45) is 0 Å². The zero-order valence-electron chi connectivity index (χ0n) is 16.4. The van der Waals surface area contributed by atoms with Gasteiger partial charge < -0.3 is 15.2 Å². The molecule has 1 aromatic carbocycles. The number of pyridine rings is 1. The van der Waals surface area contributed by atoms with Crippen LogP contribution in [0.5, 0.6) is 0 Å². The van der Waals surface area contributed by atoms with E-state index in [-0.39, 0.29) is 24.3 Å². The third-order valence-corrected chi connectivity index (χ3v) is 6.88. The second-order valence-electron chi connectivity index (χ2n) is 7.06. The molecule has 1 amide bonds. The molecule has 3 rings (SSSR count). The molecular formula is C20H26N4O4S. The fourth-order valence-corrected chi connectivity index (χ4v) is 4.82. The van der Waals surface area contributed by atoms with Crippen LogP contribution in [0.15, 0.2) is 47.4 Å². The van der Waals surface area contributed by atoms with Crippen LogP contribution in [0.25, 0.3) is 0 Å². The number of sulfonamides is 1. The summed E-state index contributed by atoms with van der Waals surface area (Å²) in [5.74, 6) is -0.543. The van der Waals surface area contributed by atoms with E-state index in [2.05, 4.69) is 21.3 Å². The van der Waals surface area contributed by atoms with Gasteiger partial charge in [-0.15, -0.1) is 0 Å². The lowest BCUT2D eigenvalue weighted by molar-refractivity contribution is 0.0952. The highest BCUT2D eigenvalue weighted by Crippen LogP contribution is 2.19. The van der Waals surface area contributed by atoms with Crippen molar-refractivity contribution < 1.29 is 13.2 Å². The van der Waals surface area contributed by atoms with Crippen LogP contribution >= 0.6 is 0 Å². The van der Waals surface area contributed by atoms with Crippen LogP contribution < -0.4 is 15.8 Å². The number of benzene rings is 1. The summed E-state index contributed by atoms with van der Waals surface area (Å²) in [5, 5.41) is 2.60. The van der Waals surface area contributed by atoms with E-state index in [0.29, 0.717) is 26.2 Å². The Morgan fingerprint density at radius 2 is 1.90 bits per heavy atom. The number of aromatic nitrogens is 1. The Balaban J connectivity index is 1.45. The van der Waals surface area contributed by atoms with E-state index in [1.54, 1.807) is 6.07 Å². The molecule has 9 heteroatoms. The van der Waals surface area contributed by atoms with E-state index in [1.165, 1.54) is 22.1 Å². The average molecular weight is 419 g/mol. The van der Waals surface area contributed by atoms with E-state index < -0.39 is 21.5 Å².